The molecule has 0 unspecified atom stereocenters. The van der Waals surface area contributed by atoms with E-state index >= 15 is 0 Å². The first kappa shape index (κ1) is 13.1. The first-order valence-corrected chi connectivity index (χ1v) is 7.73. The molecule has 0 amide bonds. The smallest absolute Gasteiger partial charge is 0.0115 e. The maximum atomic E-state index is 3.78. The van der Waals surface area contributed by atoms with E-state index in [1.54, 1.807) is 0 Å². The Labute approximate surface area is 110 Å². The zero-order valence-electron chi connectivity index (χ0n) is 11.3. The normalized spacial score (nSPS) is 26.1. The minimum absolute atomic E-state index is 0.275. The highest BCUT2D eigenvalue weighted by atomic mass is 32.1. The fourth-order valence-corrected chi connectivity index (χ4v) is 3.47. The molecule has 1 heterocycles. The summed E-state index contributed by atoms with van der Waals surface area (Å²) in [6.45, 7) is 8.17. The molecule has 2 rings (SSSR count). The molecule has 1 nitrogen and oxygen atoms in total. The molecule has 0 bridgehead atoms. The van der Waals surface area contributed by atoms with Crippen LogP contribution in [0, 0.1) is 5.92 Å². The summed E-state index contributed by atoms with van der Waals surface area (Å²) in [5.74, 6) is 0.943. The van der Waals surface area contributed by atoms with E-state index in [9.17, 15) is 0 Å². The average Bonchev–Trinajstić information content (AvgIpc) is 2.82. The molecule has 2 heteroatoms. The molecule has 0 aromatic carbocycles. The van der Waals surface area contributed by atoms with E-state index in [2.05, 4.69) is 43.6 Å². The quantitative estimate of drug-likeness (QED) is 0.846. The number of thiophene rings is 1. The summed E-state index contributed by atoms with van der Waals surface area (Å²) in [6, 6.07) is 5.17. The van der Waals surface area contributed by atoms with Gasteiger partial charge in [0.05, 0.1) is 0 Å². The van der Waals surface area contributed by atoms with Crippen molar-refractivity contribution in [1.82, 2.24) is 5.32 Å². The van der Waals surface area contributed by atoms with Crippen LogP contribution in [0.5, 0.6) is 0 Å². The van der Waals surface area contributed by atoms with Gasteiger partial charge in [-0.25, -0.2) is 0 Å². The molecule has 96 valence electrons. The molecule has 0 atom stereocenters. The second-order valence-electron chi connectivity index (χ2n) is 6.20. The van der Waals surface area contributed by atoms with Crippen LogP contribution in [0.2, 0.25) is 0 Å². The summed E-state index contributed by atoms with van der Waals surface area (Å²) in [5, 5.41) is 5.96. The van der Waals surface area contributed by atoms with E-state index in [4.69, 9.17) is 0 Å². The second-order valence-corrected chi connectivity index (χ2v) is 7.15. The maximum absolute atomic E-state index is 3.78. The Morgan fingerprint density at radius 3 is 2.59 bits per heavy atom. The van der Waals surface area contributed by atoms with Crippen molar-refractivity contribution >= 4 is 11.3 Å². The van der Waals surface area contributed by atoms with Crippen LogP contribution < -0.4 is 5.32 Å². The third kappa shape index (κ3) is 3.56. The van der Waals surface area contributed by atoms with Gasteiger partial charge in [-0.15, -0.1) is 11.3 Å². The van der Waals surface area contributed by atoms with Crippen molar-refractivity contribution in [2.75, 3.05) is 6.54 Å². The lowest BCUT2D eigenvalue weighted by Crippen LogP contribution is -2.40. The Balaban J connectivity index is 1.81. The van der Waals surface area contributed by atoms with Gasteiger partial charge >= 0.3 is 0 Å². The van der Waals surface area contributed by atoms with Crippen LogP contribution >= 0.6 is 11.3 Å². The molecule has 1 saturated carbocycles. The van der Waals surface area contributed by atoms with Crippen LogP contribution in [-0.2, 0) is 5.41 Å². The number of hydrogen-bond acceptors (Lipinski definition) is 2. The van der Waals surface area contributed by atoms with Crippen molar-refractivity contribution in [3.63, 3.8) is 0 Å². The molecule has 0 aliphatic heterocycles. The first-order chi connectivity index (χ1) is 8.08. The summed E-state index contributed by atoms with van der Waals surface area (Å²) in [4.78, 5) is 1.49. The van der Waals surface area contributed by atoms with E-state index < -0.39 is 0 Å². The van der Waals surface area contributed by atoms with Crippen molar-refractivity contribution in [2.24, 2.45) is 5.92 Å². The standard InChI is InChI=1S/C15H25NS/c1-12-6-8-13(9-7-12)16-11-15(2,3)14-5-4-10-17-14/h4-5,10,12-13,16H,6-9,11H2,1-3H3. The Morgan fingerprint density at radius 2 is 2.00 bits per heavy atom. The van der Waals surface area contributed by atoms with Crippen LogP contribution in [0.1, 0.15) is 51.3 Å². The van der Waals surface area contributed by atoms with Crippen molar-refractivity contribution < 1.29 is 0 Å². The molecule has 1 aliphatic rings. The van der Waals surface area contributed by atoms with Gasteiger partial charge in [-0.2, -0.15) is 0 Å². The highest BCUT2D eigenvalue weighted by Gasteiger charge is 2.24. The molecule has 17 heavy (non-hydrogen) atoms. The summed E-state index contributed by atoms with van der Waals surface area (Å²) < 4.78 is 0. The van der Waals surface area contributed by atoms with Crippen LogP contribution in [-0.4, -0.2) is 12.6 Å². The van der Waals surface area contributed by atoms with E-state index in [1.165, 1.54) is 30.6 Å². The van der Waals surface area contributed by atoms with Gasteiger partial charge in [-0.05, 0) is 43.0 Å². The van der Waals surface area contributed by atoms with Gasteiger partial charge in [-0.3, -0.25) is 0 Å². The fraction of sp³-hybridized carbons (Fsp3) is 0.733. The minimum Gasteiger partial charge on any atom is -0.313 e. The summed E-state index contributed by atoms with van der Waals surface area (Å²) >= 11 is 1.88. The molecule has 1 aromatic rings. The van der Waals surface area contributed by atoms with Gasteiger partial charge in [0.25, 0.3) is 0 Å². The second kappa shape index (κ2) is 5.53. The van der Waals surface area contributed by atoms with Crippen molar-refractivity contribution in [3.05, 3.63) is 22.4 Å². The van der Waals surface area contributed by atoms with Gasteiger partial charge in [0.1, 0.15) is 0 Å². The van der Waals surface area contributed by atoms with Crippen molar-refractivity contribution in [1.29, 1.82) is 0 Å². The molecule has 0 saturated heterocycles. The van der Waals surface area contributed by atoms with Crippen molar-refractivity contribution in [3.8, 4) is 0 Å². The van der Waals surface area contributed by atoms with E-state index in [-0.39, 0.29) is 5.41 Å². The van der Waals surface area contributed by atoms with Crippen LogP contribution in [0.25, 0.3) is 0 Å². The molecule has 1 fully saturated rings. The Kier molecular flexibility index (Phi) is 4.26. The third-order valence-corrected chi connectivity index (χ3v) is 5.27. The minimum atomic E-state index is 0.275. The number of nitrogens with one attached hydrogen (secondary N) is 1. The zero-order valence-corrected chi connectivity index (χ0v) is 12.1. The van der Waals surface area contributed by atoms with Gasteiger partial charge in [0.15, 0.2) is 0 Å². The molecule has 1 aliphatic carbocycles. The molecule has 0 radical (unpaired) electrons. The van der Waals surface area contributed by atoms with Gasteiger partial charge < -0.3 is 5.32 Å². The predicted octanol–water partition coefficient (Wildman–Crippen LogP) is 4.19. The van der Waals surface area contributed by atoms with Crippen LogP contribution in [0.15, 0.2) is 17.5 Å². The predicted molar refractivity (Wildman–Crippen MR) is 76.8 cm³/mol. The summed E-state index contributed by atoms with van der Waals surface area (Å²) in [5.41, 5.74) is 0.275. The lowest BCUT2D eigenvalue weighted by atomic mass is 9.86. The molecule has 1 aromatic heterocycles. The van der Waals surface area contributed by atoms with Gasteiger partial charge in [0.2, 0.25) is 0 Å². The monoisotopic (exact) mass is 251 g/mol. The topological polar surface area (TPSA) is 12.0 Å². The molecule has 1 N–H and O–H groups in total. The van der Waals surface area contributed by atoms with Crippen LogP contribution in [0.3, 0.4) is 0 Å². The van der Waals surface area contributed by atoms with E-state index in [0.717, 1.165) is 18.5 Å². The first-order valence-electron chi connectivity index (χ1n) is 6.85. The van der Waals surface area contributed by atoms with Crippen molar-refractivity contribution in [2.45, 2.75) is 57.9 Å². The Morgan fingerprint density at radius 1 is 1.29 bits per heavy atom. The third-order valence-electron chi connectivity index (χ3n) is 4.04. The van der Waals surface area contributed by atoms with Crippen LogP contribution in [0.4, 0.5) is 0 Å². The number of rotatable bonds is 4. The van der Waals surface area contributed by atoms with E-state index in [0.29, 0.717) is 0 Å². The van der Waals surface area contributed by atoms with Gasteiger partial charge in [0, 0.05) is 22.9 Å². The highest BCUT2D eigenvalue weighted by molar-refractivity contribution is 7.10. The number of hydrogen-bond donors (Lipinski definition) is 1. The van der Waals surface area contributed by atoms with Gasteiger partial charge in [-0.1, -0.05) is 26.8 Å². The molecule has 0 spiro atoms. The largest absolute Gasteiger partial charge is 0.313 e. The zero-order chi connectivity index (χ0) is 12.3. The molecular weight excluding hydrogens is 226 g/mol. The highest BCUT2D eigenvalue weighted by Crippen LogP contribution is 2.28. The lowest BCUT2D eigenvalue weighted by Gasteiger charge is -2.31. The fourth-order valence-electron chi connectivity index (χ4n) is 2.61. The Bertz CT molecular complexity index is 321. The Hall–Kier alpha value is -0.340. The summed E-state index contributed by atoms with van der Waals surface area (Å²) in [7, 11) is 0. The SMILES string of the molecule is CC1CCC(NCC(C)(C)c2cccs2)CC1. The lowest BCUT2D eigenvalue weighted by molar-refractivity contribution is 0.293. The summed E-state index contributed by atoms with van der Waals surface area (Å²) in [6.07, 6.45) is 5.53. The maximum Gasteiger partial charge on any atom is 0.0115 e. The van der Waals surface area contributed by atoms with E-state index in [1.807, 2.05) is 11.3 Å². The molecular formula is C15H25NS. The average molecular weight is 251 g/mol.